The Morgan fingerprint density at radius 2 is 2.10 bits per heavy atom. The van der Waals surface area contributed by atoms with Crippen molar-refractivity contribution >= 4 is 47.2 Å². The topological polar surface area (TPSA) is 78.4 Å². The average molecular weight is 425 g/mol. The largest absolute Gasteiger partial charge is 0.356 e. The van der Waals surface area contributed by atoms with E-state index >= 15 is 0 Å². The first-order valence-corrected chi connectivity index (χ1v) is 7.60. The maximum absolute atomic E-state index is 11.5. The number of aliphatic imine (C=N–C) groups is 1. The van der Waals surface area contributed by atoms with Gasteiger partial charge in [-0.2, -0.15) is 0 Å². The van der Waals surface area contributed by atoms with E-state index in [2.05, 4.69) is 25.9 Å². The Morgan fingerprint density at radius 1 is 1.33 bits per heavy atom. The molecule has 0 aromatic carbocycles. The van der Waals surface area contributed by atoms with Crippen LogP contribution in [0, 0.1) is 6.92 Å². The molecule has 0 fully saturated rings. The molecule has 1 aromatic rings. The summed E-state index contributed by atoms with van der Waals surface area (Å²) < 4.78 is 0. The number of carbonyl (C=O) groups excluding carboxylic acids is 1. The molecule has 0 bridgehead atoms. The van der Waals surface area contributed by atoms with E-state index in [4.69, 9.17) is 0 Å². The highest BCUT2D eigenvalue weighted by molar-refractivity contribution is 14.0. The van der Waals surface area contributed by atoms with Gasteiger partial charge in [0, 0.05) is 37.6 Å². The Bertz CT molecular complexity index is 450. The molecule has 0 saturated carbocycles. The maximum Gasteiger partial charge on any atom is 0.239 e. The van der Waals surface area contributed by atoms with Crippen LogP contribution in [0.3, 0.4) is 0 Å². The first-order valence-electron chi connectivity index (χ1n) is 6.78. The lowest BCUT2D eigenvalue weighted by atomic mass is 10.4. The summed E-state index contributed by atoms with van der Waals surface area (Å²) >= 11 is 1.70. The summed E-state index contributed by atoms with van der Waals surface area (Å²) in [6.07, 6.45) is 3.67. The van der Waals surface area contributed by atoms with Gasteiger partial charge < -0.3 is 16.0 Å². The average Bonchev–Trinajstić information content (AvgIpc) is 2.85. The van der Waals surface area contributed by atoms with Crippen molar-refractivity contribution in [2.24, 2.45) is 4.99 Å². The van der Waals surface area contributed by atoms with Crippen LogP contribution in [-0.4, -0.2) is 43.5 Å². The Kier molecular flexibility index (Phi) is 11.2. The molecule has 0 unspecified atom stereocenters. The van der Waals surface area contributed by atoms with Gasteiger partial charge in [-0.15, -0.1) is 35.3 Å². The van der Waals surface area contributed by atoms with Gasteiger partial charge in [0.25, 0.3) is 0 Å². The highest BCUT2D eigenvalue weighted by Crippen LogP contribution is 2.10. The monoisotopic (exact) mass is 425 g/mol. The molecular weight excluding hydrogens is 401 g/mol. The van der Waals surface area contributed by atoms with E-state index in [1.165, 1.54) is 4.88 Å². The van der Waals surface area contributed by atoms with Gasteiger partial charge in [0.05, 0.1) is 11.6 Å². The summed E-state index contributed by atoms with van der Waals surface area (Å²) in [6.45, 7) is 5.74. The molecule has 21 heavy (non-hydrogen) atoms. The van der Waals surface area contributed by atoms with Crippen molar-refractivity contribution in [2.75, 3.05) is 26.7 Å². The first-order chi connectivity index (χ1) is 9.65. The minimum Gasteiger partial charge on any atom is -0.356 e. The molecule has 0 aliphatic heterocycles. The zero-order chi connectivity index (χ0) is 14.8. The lowest BCUT2D eigenvalue weighted by Crippen LogP contribution is -2.43. The predicted molar refractivity (Wildman–Crippen MR) is 98.6 cm³/mol. The summed E-state index contributed by atoms with van der Waals surface area (Å²) in [5, 5.41) is 10.1. The second-order valence-corrected chi connectivity index (χ2v) is 5.64. The molecule has 8 heteroatoms. The van der Waals surface area contributed by atoms with Gasteiger partial charge in [-0.05, 0) is 13.3 Å². The summed E-state index contributed by atoms with van der Waals surface area (Å²) in [5.41, 5.74) is 0. The number of carbonyl (C=O) groups is 1. The number of aryl methyl sites for hydroxylation is 1. The Labute approximate surface area is 147 Å². The number of aromatic nitrogens is 1. The Balaban J connectivity index is 0.00000400. The minimum absolute atomic E-state index is 0. The van der Waals surface area contributed by atoms with Crippen molar-refractivity contribution in [3.8, 4) is 0 Å². The number of nitrogens with zero attached hydrogens (tertiary/aromatic N) is 2. The Morgan fingerprint density at radius 3 is 2.67 bits per heavy atom. The van der Waals surface area contributed by atoms with Crippen LogP contribution in [0.15, 0.2) is 11.2 Å². The fourth-order valence-electron chi connectivity index (χ4n) is 1.52. The molecule has 1 amide bonds. The van der Waals surface area contributed by atoms with Gasteiger partial charge in [0.1, 0.15) is 0 Å². The Hall–Kier alpha value is -0.900. The summed E-state index contributed by atoms with van der Waals surface area (Å²) in [4.78, 5) is 21.0. The van der Waals surface area contributed by atoms with Gasteiger partial charge in [-0.3, -0.25) is 9.79 Å². The molecule has 0 radical (unpaired) electrons. The third kappa shape index (κ3) is 8.86. The second-order valence-electron chi connectivity index (χ2n) is 4.32. The SMILES string of the molecule is CCCNC(=O)CNC(=NC)NCCc1ncc(C)s1.I. The lowest BCUT2D eigenvalue weighted by Gasteiger charge is -2.11. The quantitative estimate of drug-likeness (QED) is 0.350. The van der Waals surface area contributed by atoms with Crippen molar-refractivity contribution in [3.63, 3.8) is 0 Å². The molecule has 0 aliphatic rings. The van der Waals surface area contributed by atoms with Gasteiger partial charge in [0.2, 0.25) is 5.91 Å². The normalized spacial score (nSPS) is 10.7. The molecular formula is C13H24IN5OS. The van der Waals surface area contributed by atoms with Crippen molar-refractivity contribution in [3.05, 3.63) is 16.1 Å². The summed E-state index contributed by atoms with van der Waals surface area (Å²) in [5.74, 6) is 0.607. The number of hydrogen-bond donors (Lipinski definition) is 3. The van der Waals surface area contributed by atoms with Gasteiger partial charge in [-0.25, -0.2) is 4.98 Å². The molecule has 1 aromatic heterocycles. The predicted octanol–water partition coefficient (Wildman–Crippen LogP) is 1.30. The molecule has 0 atom stereocenters. The standard InChI is InChI=1S/C13H23N5OS.HI/c1-4-6-15-11(19)9-18-13(14-3)16-7-5-12-17-8-10(2)20-12;/h8H,4-7,9H2,1-3H3,(H,15,19)(H2,14,16,18);1H. The number of rotatable bonds is 7. The smallest absolute Gasteiger partial charge is 0.239 e. The van der Waals surface area contributed by atoms with E-state index in [0.29, 0.717) is 12.5 Å². The van der Waals surface area contributed by atoms with Crippen LogP contribution in [0.4, 0.5) is 0 Å². The molecule has 0 saturated heterocycles. The number of guanidine groups is 1. The zero-order valence-electron chi connectivity index (χ0n) is 12.7. The number of thiazole rings is 1. The van der Waals surface area contributed by atoms with Crippen LogP contribution >= 0.6 is 35.3 Å². The van der Waals surface area contributed by atoms with Crippen LogP contribution in [0.5, 0.6) is 0 Å². The van der Waals surface area contributed by atoms with Crippen LogP contribution in [0.2, 0.25) is 0 Å². The molecule has 6 nitrogen and oxygen atoms in total. The fraction of sp³-hybridized carbons (Fsp3) is 0.615. The molecule has 0 aliphatic carbocycles. The third-order valence-corrected chi connectivity index (χ3v) is 3.49. The number of hydrogen-bond acceptors (Lipinski definition) is 4. The van der Waals surface area contributed by atoms with Gasteiger partial charge >= 0.3 is 0 Å². The van der Waals surface area contributed by atoms with E-state index in [0.717, 1.165) is 24.4 Å². The van der Waals surface area contributed by atoms with Crippen LogP contribution in [0.1, 0.15) is 23.2 Å². The van der Waals surface area contributed by atoms with Gasteiger partial charge in [-0.1, -0.05) is 6.92 Å². The summed E-state index contributed by atoms with van der Waals surface area (Å²) in [6, 6.07) is 0. The second kappa shape index (κ2) is 11.7. The summed E-state index contributed by atoms with van der Waals surface area (Å²) in [7, 11) is 1.69. The molecule has 1 rings (SSSR count). The van der Waals surface area contributed by atoms with E-state index in [1.807, 2.05) is 20.0 Å². The van der Waals surface area contributed by atoms with Crippen molar-refractivity contribution in [2.45, 2.75) is 26.7 Å². The molecule has 1 heterocycles. The third-order valence-electron chi connectivity index (χ3n) is 2.51. The number of amides is 1. The van der Waals surface area contributed by atoms with Crippen molar-refractivity contribution in [1.82, 2.24) is 20.9 Å². The van der Waals surface area contributed by atoms with Gasteiger partial charge in [0.15, 0.2) is 5.96 Å². The van der Waals surface area contributed by atoms with E-state index in [-0.39, 0.29) is 36.4 Å². The molecule has 3 N–H and O–H groups in total. The first kappa shape index (κ1) is 20.1. The van der Waals surface area contributed by atoms with Crippen molar-refractivity contribution in [1.29, 1.82) is 0 Å². The minimum atomic E-state index is -0.0228. The molecule has 120 valence electrons. The highest BCUT2D eigenvalue weighted by Gasteiger charge is 2.03. The van der Waals surface area contributed by atoms with Crippen LogP contribution < -0.4 is 16.0 Å². The zero-order valence-corrected chi connectivity index (χ0v) is 15.9. The maximum atomic E-state index is 11.5. The number of nitrogens with one attached hydrogen (secondary N) is 3. The van der Waals surface area contributed by atoms with E-state index < -0.39 is 0 Å². The number of halogens is 1. The van der Waals surface area contributed by atoms with Crippen molar-refractivity contribution < 1.29 is 4.79 Å². The fourth-order valence-corrected chi connectivity index (χ4v) is 2.30. The van der Waals surface area contributed by atoms with E-state index in [9.17, 15) is 4.79 Å². The molecule has 0 spiro atoms. The van der Waals surface area contributed by atoms with E-state index in [1.54, 1.807) is 18.4 Å². The lowest BCUT2D eigenvalue weighted by molar-refractivity contribution is -0.120. The highest BCUT2D eigenvalue weighted by atomic mass is 127. The van der Waals surface area contributed by atoms with Crippen LogP contribution in [0.25, 0.3) is 0 Å². The van der Waals surface area contributed by atoms with Crippen LogP contribution in [-0.2, 0) is 11.2 Å².